The van der Waals surface area contributed by atoms with Crippen LogP contribution in [0.3, 0.4) is 0 Å². The molecule has 2 N–H and O–H groups in total. The van der Waals surface area contributed by atoms with E-state index in [0.717, 1.165) is 36.8 Å². The quantitative estimate of drug-likeness (QED) is 0.793. The van der Waals surface area contributed by atoms with Crippen LogP contribution in [-0.2, 0) is 31.1 Å². The Labute approximate surface area is 150 Å². The Morgan fingerprint density at radius 2 is 1.04 bits per heavy atom. The molecule has 0 aliphatic heterocycles. The molecule has 0 spiro atoms. The Hall–Kier alpha value is -1.96. The van der Waals surface area contributed by atoms with Crippen LogP contribution >= 0.6 is 0 Å². The first kappa shape index (κ1) is 16.5. The highest BCUT2D eigenvalue weighted by molar-refractivity contribution is 5.59. The highest BCUT2D eigenvalue weighted by Crippen LogP contribution is 2.47. The summed E-state index contributed by atoms with van der Waals surface area (Å²) in [6.45, 7) is 4.34. The molecule has 0 amide bonds. The molecular weight excluding hydrogens is 308 g/mol. The molecule has 2 aliphatic rings. The number of hydrogen-bond acceptors (Lipinski definition) is 2. The minimum atomic E-state index is -0.403. The first-order chi connectivity index (χ1) is 12.0. The van der Waals surface area contributed by atoms with Gasteiger partial charge in [-0.25, -0.2) is 0 Å². The third-order valence-electron chi connectivity index (χ3n) is 6.27. The third-order valence-corrected chi connectivity index (χ3v) is 6.27. The fraction of sp³-hybridized carbons (Fsp3) is 0.478. The van der Waals surface area contributed by atoms with Gasteiger partial charge >= 0.3 is 0 Å². The highest BCUT2D eigenvalue weighted by atomic mass is 16.3. The van der Waals surface area contributed by atoms with Crippen molar-refractivity contribution in [3.05, 3.63) is 57.6 Å². The lowest BCUT2D eigenvalue weighted by Crippen LogP contribution is -2.26. The average molecular weight is 336 g/mol. The van der Waals surface area contributed by atoms with Crippen LogP contribution < -0.4 is 0 Å². The van der Waals surface area contributed by atoms with Gasteiger partial charge in [-0.15, -0.1) is 0 Å². The van der Waals surface area contributed by atoms with E-state index >= 15 is 0 Å². The van der Waals surface area contributed by atoms with Crippen molar-refractivity contribution in [1.29, 1.82) is 0 Å². The lowest BCUT2D eigenvalue weighted by molar-refractivity contribution is 0.428. The van der Waals surface area contributed by atoms with E-state index in [1.54, 1.807) is 0 Å². The Balaban J connectivity index is 1.95. The van der Waals surface area contributed by atoms with Crippen molar-refractivity contribution < 1.29 is 10.2 Å². The maximum atomic E-state index is 10.8. The van der Waals surface area contributed by atoms with E-state index in [4.69, 9.17) is 0 Å². The summed E-state index contributed by atoms with van der Waals surface area (Å²) in [5.41, 5.74) is 7.01. The summed E-state index contributed by atoms with van der Waals surface area (Å²) in [6, 6.07) is 7.88. The summed E-state index contributed by atoms with van der Waals surface area (Å²) in [7, 11) is 0. The summed E-state index contributed by atoms with van der Waals surface area (Å²) in [4.78, 5) is 0. The second-order valence-corrected chi connectivity index (χ2v) is 8.23. The van der Waals surface area contributed by atoms with Crippen molar-refractivity contribution in [3.63, 3.8) is 0 Å². The number of phenols is 2. The van der Waals surface area contributed by atoms with Gasteiger partial charge in [0.05, 0.1) is 0 Å². The molecule has 0 aromatic heterocycles. The van der Waals surface area contributed by atoms with Crippen molar-refractivity contribution in [3.8, 4) is 11.5 Å². The molecule has 0 bridgehead atoms. The van der Waals surface area contributed by atoms with Crippen molar-refractivity contribution in [2.75, 3.05) is 0 Å². The second kappa shape index (κ2) is 6.09. The minimum absolute atomic E-state index is 0.374. The Morgan fingerprint density at radius 1 is 0.640 bits per heavy atom. The van der Waals surface area contributed by atoms with Crippen LogP contribution in [0.5, 0.6) is 11.5 Å². The molecule has 25 heavy (non-hydrogen) atoms. The molecule has 0 saturated carbocycles. The SMILES string of the molecule is CC(C)(c1c(O)ccc2c1CCCC2)c1c(O)ccc2c1CCCC2. The fourth-order valence-electron chi connectivity index (χ4n) is 5.15. The van der Waals surface area contributed by atoms with Gasteiger partial charge in [-0.3, -0.25) is 0 Å². The number of rotatable bonds is 2. The number of hydrogen-bond donors (Lipinski definition) is 2. The van der Waals surface area contributed by atoms with Crippen molar-refractivity contribution >= 4 is 0 Å². The van der Waals surface area contributed by atoms with Crippen LogP contribution in [0.25, 0.3) is 0 Å². The molecule has 2 heteroatoms. The molecule has 2 aromatic rings. The number of benzene rings is 2. The van der Waals surface area contributed by atoms with E-state index in [9.17, 15) is 10.2 Å². The van der Waals surface area contributed by atoms with Gasteiger partial charge in [0.25, 0.3) is 0 Å². The Kier molecular flexibility index (Phi) is 4.02. The third kappa shape index (κ3) is 2.63. The van der Waals surface area contributed by atoms with Gasteiger partial charge in [-0.2, -0.15) is 0 Å². The second-order valence-electron chi connectivity index (χ2n) is 8.23. The van der Waals surface area contributed by atoms with Crippen LogP contribution in [0.2, 0.25) is 0 Å². The lowest BCUT2D eigenvalue weighted by atomic mass is 9.69. The van der Waals surface area contributed by atoms with E-state index in [1.165, 1.54) is 47.9 Å². The zero-order chi connectivity index (χ0) is 17.6. The van der Waals surface area contributed by atoms with Gasteiger partial charge in [0.1, 0.15) is 11.5 Å². The lowest BCUT2D eigenvalue weighted by Gasteiger charge is -2.35. The van der Waals surface area contributed by atoms with Crippen molar-refractivity contribution in [1.82, 2.24) is 0 Å². The van der Waals surface area contributed by atoms with E-state index in [1.807, 2.05) is 12.1 Å². The molecule has 0 atom stereocenters. The molecule has 0 heterocycles. The Bertz CT molecular complexity index is 750. The summed E-state index contributed by atoms with van der Waals surface area (Å²) in [5.74, 6) is 0.747. The van der Waals surface area contributed by atoms with E-state index in [2.05, 4.69) is 26.0 Å². The molecule has 2 aliphatic carbocycles. The summed E-state index contributed by atoms with van der Waals surface area (Å²) < 4.78 is 0. The molecule has 0 saturated heterocycles. The molecule has 132 valence electrons. The van der Waals surface area contributed by atoms with Gasteiger partial charge in [-0.05, 0) is 85.8 Å². The van der Waals surface area contributed by atoms with Crippen LogP contribution in [0.1, 0.15) is 72.9 Å². The maximum absolute atomic E-state index is 10.8. The number of phenolic OH excluding ortho intramolecular Hbond substituents is 2. The summed E-state index contributed by atoms with van der Waals surface area (Å²) >= 11 is 0. The van der Waals surface area contributed by atoms with E-state index in [0.29, 0.717) is 11.5 Å². The standard InChI is InChI=1S/C23H28O2/c1-23(2,21-17-9-5-3-7-15(17)11-13-19(21)24)22-18-10-6-4-8-16(18)12-14-20(22)25/h11-14,24-25H,3-10H2,1-2H3. The maximum Gasteiger partial charge on any atom is 0.119 e. The monoisotopic (exact) mass is 336 g/mol. The van der Waals surface area contributed by atoms with Gasteiger partial charge < -0.3 is 10.2 Å². The molecule has 2 nitrogen and oxygen atoms in total. The van der Waals surface area contributed by atoms with Crippen molar-refractivity contribution in [2.24, 2.45) is 0 Å². The Morgan fingerprint density at radius 3 is 1.48 bits per heavy atom. The van der Waals surface area contributed by atoms with E-state index in [-0.39, 0.29) is 0 Å². The smallest absolute Gasteiger partial charge is 0.119 e. The van der Waals surface area contributed by atoms with Crippen LogP contribution in [0, 0.1) is 0 Å². The topological polar surface area (TPSA) is 40.5 Å². The minimum Gasteiger partial charge on any atom is -0.508 e. The zero-order valence-electron chi connectivity index (χ0n) is 15.4. The van der Waals surface area contributed by atoms with Crippen LogP contribution in [0.15, 0.2) is 24.3 Å². The number of aromatic hydroxyl groups is 2. The predicted molar refractivity (Wildman–Crippen MR) is 102 cm³/mol. The highest BCUT2D eigenvalue weighted by Gasteiger charge is 2.35. The zero-order valence-corrected chi connectivity index (χ0v) is 15.4. The van der Waals surface area contributed by atoms with Crippen molar-refractivity contribution in [2.45, 2.75) is 70.6 Å². The van der Waals surface area contributed by atoms with Gasteiger partial charge in [0, 0.05) is 16.5 Å². The van der Waals surface area contributed by atoms with Crippen LogP contribution in [0.4, 0.5) is 0 Å². The first-order valence-electron chi connectivity index (χ1n) is 9.68. The van der Waals surface area contributed by atoms with Gasteiger partial charge in [0.2, 0.25) is 0 Å². The largest absolute Gasteiger partial charge is 0.508 e. The molecule has 4 rings (SSSR count). The normalized spacial score (nSPS) is 17.0. The van der Waals surface area contributed by atoms with Gasteiger partial charge in [-0.1, -0.05) is 26.0 Å². The summed E-state index contributed by atoms with van der Waals surface area (Å²) in [5, 5.41) is 21.6. The molecular formula is C23H28O2. The molecule has 2 aromatic carbocycles. The van der Waals surface area contributed by atoms with E-state index < -0.39 is 5.41 Å². The average Bonchev–Trinajstić information content (AvgIpc) is 2.61. The summed E-state index contributed by atoms with van der Waals surface area (Å²) in [6.07, 6.45) is 9.05. The fourth-order valence-corrected chi connectivity index (χ4v) is 5.15. The molecule has 0 radical (unpaired) electrons. The van der Waals surface area contributed by atoms with Gasteiger partial charge in [0.15, 0.2) is 0 Å². The van der Waals surface area contributed by atoms with Crippen LogP contribution in [-0.4, -0.2) is 10.2 Å². The predicted octanol–water partition coefficient (Wildman–Crippen LogP) is 5.18. The molecule has 0 unspecified atom stereocenters. The first-order valence-corrected chi connectivity index (χ1v) is 9.68. The molecule has 0 fully saturated rings. The number of aryl methyl sites for hydroxylation is 2. The number of fused-ring (bicyclic) bond motifs is 2.